The zero-order valence-corrected chi connectivity index (χ0v) is 24.5. The van der Waals surface area contributed by atoms with Crippen LogP contribution in [0.5, 0.6) is 11.8 Å². The van der Waals surface area contributed by atoms with Gasteiger partial charge in [-0.2, -0.15) is 5.16 Å². The Morgan fingerprint density at radius 3 is 2.42 bits per heavy atom. The monoisotopic (exact) mass is 629 g/mol. The maximum atomic E-state index is 15.7. The second-order valence-corrected chi connectivity index (χ2v) is 11.2. The number of nitrogens with zero attached hydrogens (tertiary/aromatic N) is 4. The molecular weight excluding hydrogens is 599 g/mol. The largest absolute Gasteiger partial charge is 0.528 e. The van der Waals surface area contributed by atoms with E-state index in [9.17, 15) is 19.8 Å². The molecule has 6 rings (SSSR count). The predicted octanol–water partition coefficient (Wildman–Crippen LogP) is 5.14. The summed E-state index contributed by atoms with van der Waals surface area (Å²) >= 11 is 1.31. The summed E-state index contributed by atoms with van der Waals surface area (Å²) in [6.07, 6.45) is -1.32. The molecule has 0 saturated heterocycles. The number of halogens is 1. The third-order valence-corrected chi connectivity index (χ3v) is 8.72. The van der Waals surface area contributed by atoms with E-state index >= 15 is 4.39 Å². The number of aryl methyl sites for hydroxylation is 1. The number of hydrogen-bond donors (Lipinski definition) is 1. The SMILES string of the molecule is C.CCc1cc2c(=O)n(CC(O)c3ccc(OC)cc3)c(=O)n(Cc3ccc(-c4ccccc4-c4noc([O-])n4)cc3F)c2s1. The van der Waals surface area contributed by atoms with Gasteiger partial charge in [0, 0.05) is 16.0 Å². The van der Waals surface area contributed by atoms with E-state index in [1.54, 1.807) is 66.7 Å². The molecule has 3 aromatic carbocycles. The van der Waals surface area contributed by atoms with Gasteiger partial charge in [-0.3, -0.25) is 13.9 Å². The summed E-state index contributed by atoms with van der Waals surface area (Å²) < 4.78 is 27.8. The molecule has 0 aliphatic carbocycles. The first-order chi connectivity index (χ1) is 21.3. The molecule has 1 unspecified atom stereocenters. The van der Waals surface area contributed by atoms with Crippen LogP contribution in [0.2, 0.25) is 0 Å². The molecule has 0 aliphatic heterocycles. The molecule has 12 heteroatoms. The minimum atomic E-state index is -1.14. The molecule has 0 fully saturated rings. The third-order valence-electron chi connectivity index (χ3n) is 7.42. The Kier molecular flexibility index (Phi) is 8.98. The van der Waals surface area contributed by atoms with Gasteiger partial charge in [0.15, 0.2) is 11.9 Å². The summed E-state index contributed by atoms with van der Waals surface area (Å²) in [6, 6.07) is 20.0. The van der Waals surface area contributed by atoms with E-state index in [1.165, 1.54) is 29.1 Å². The molecule has 10 nitrogen and oxygen atoms in total. The van der Waals surface area contributed by atoms with Gasteiger partial charge in [0.25, 0.3) is 5.56 Å². The first-order valence-electron chi connectivity index (χ1n) is 13.7. The summed E-state index contributed by atoms with van der Waals surface area (Å²) in [6.45, 7) is 1.52. The maximum Gasteiger partial charge on any atom is 0.332 e. The molecule has 6 aromatic rings. The Bertz CT molecular complexity index is 2100. The van der Waals surface area contributed by atoms with Crippen LogP contribution in [0.1, 0.15) is 36.5 Å². The first kappa shape index (κ1) is 31.4. The van der Waals surface area contributed by atoms with Crippen LogP contribution in [0.25, 0.3) is 32.7 Å². The van der Waals surface area contributed by atoms with Crippen molar-refractivity contribution in [3.63, 3.8) is 0 Å². The van der Waals surface area contributed by atoms with Crippen LogP contribution in [0.4, 0.5) is 4.39 Å². The molecule has 0 spiro atoms. The van der Waals surface area contributed by atoms with E-state index < -0.39 is 29.2 Å². The zero-order valence-electron chi connectivity index (χ0n) is 23.7. The molecule has 3 aromatic heterocycles. The number of benzene rings is 3. The van der Waals surface area contributed by atoms with Crippen LogP contribution < -0.4 is 21.1 Å². The van der Waals surface area contributed by atoms with Crippen LogP contribution in [-0.2, 0) is 19.5 Å². The Labute approximate surface area is 261 Å². The number of thiophene rings is 1. The topological polar surface area (TPSA) is 135 Å². The number of rotatable bonds is 9. The van der Waals surface area contributed by atoms with Gasteiger partial charge in [-0.15, -0.1) is 11.3 Å². The van der Waals surface area contributed by atoms with Gasteiger partial charge in [-0.05, 0) is 47.4 Å². The number of hydrogen-bond acceptors (Lipinski definition) is 9. The molecule has 0 radical (unpaired) electrons. The van der Waals surface area contributed by atoms with Gasteiger partial charge in [0.1, 0.15) is 16.4 Å². The second kappa shape index (κ2) is 12.9. The van der Waals surface area contributed by atoms with Crippen molar-refractivity contribution in [2.24, 2.45) is 0 Å². The molecule has 45 heavy (non-hydrogen) atoms. The van der Waals surface area contributed by atoms with Gasteiger partial charge in [-0.1, -0.05) is 62.9 Å². The summed E-state index contributed by atoms with van der Waals surface area (Å²) in [5.41, 5.74) is 1.16. The molecule has 1 atom stereocenters. The quantitative estimate of drug-likeness (QED) is 0.232. The molecule has 0 saturated carbocycles. The van der Waals surface area contributed by atoms with E-state index in [-0.39, 0.29) is 31.9 Å². The molecule has 0 aliphatic rings. The minimum absolute atomic E-state index is 0. The lowest BCUT2D eigenvalue weighted by Gasteiger charge is -2.16. The van der Waals surface area contributed by atoms with Crippen molar-refractivity contribution in [1.82, 2.24) is 19.3 Å². The van der Waals surface area contributed by atoms with Crippen LogP contribution in [0.3, 0.4) is 0 Å². The Hall–Kier alpha value is -5.07. The average molecular weight is 630 g/mol. The van der Waals surface area contributed by atoms with Gasteiger partial charge in [0.2, 0.25) is 0 Å². The summed E-state index contributed by atoms with van der Waals surface area (Å²) in [7, 11) is 1.53. The lowest BCUT2D eigenvalue weighted by Crippen LogP contribution is -2.41. The van der Waals surface area contributed by atoms with Crippen molar-refractivity contribution in [1.29, 1.82) is 0 Å². The first-order valence-corrected chi connectivity index (χ1v) is 14.6. The van der Waals surface area contributed by atoms with Crippen LogP contribution >= 0.6 is 11.3 Å². The van der Waals surface area contributed by atoms with E-state index in [4.69, 9.17) is 4.74 Å². The van der Waals surface area contributed by atoms with Crippen LogP contribution in [0.15, 0.2) is 86.9 Å². The highest BCUT2D eigenvalue weighted by Gasteiger charge is 2.21. The highest BCUT2D eigenvalue weighted by atomic mass is 32.1. The molecule has 232 valence electrons. The van der Waals surface area contributed by atoms with Crippen molar-refractivity contribution in [2.75, 3.05) is 7.11 Å². The fraction of sp³-hybridized carbons (Fsp3) is 0.212. The average Bonchev–Trinajstić information content (AvgIpc) is 3.68. The Morgan fingerprint density at radius 1 is 1.04 bits per heavy atom. The lowest BCUT2D eigenvalue weighted by atomic mass is 9.98. The summed E-state index contributed by atoms with van der Waals surface area (Å²) in [5.74, 6) is 0.126. The summed E-state index contributed by atoms with van der Waals surface area (Å²) in [4.78, 5) is 32.4. The third kappa shape index (κ3) is 6.02. The highest BCUT2D eigenvalue weighted by Crippen LogP contribution is 2.32. The molecule has 0 amide bonds. The van der Waals surface area contributed by atoms with Crippen LogP contribution in [-0.4, -0.2) is 31.5 Å². The highest BCUT2D eigenvalue weighted by molar-refractivity contribution is 7.18. The smallest absolute Gasteiger partial charge is 0.332 e. The van der Waals surface area contributed by atoms with Gasteiger partial charge >= 0.3 is 5.69 Å². The number of aromatic nitrogens is 4. The minimum Gasteiger partial charge on any atom is -0.528 e. The Balaban J connectivity index is 0.00000400. The van der Waals surface area contributed by atoms with Gasteiger partial charge in [-0.25, -0.2) is 14.2 Å². The van der Waals surface area contributed by atoms with Gasteiger partial charge in [0.05, 0.1) is 31.7 Å². The fourth-order valence-electron chi connectivity index (χ4n) is 5.09. The van der Waals surface area contributed by atoms with Crippen molar-refractivity contribution >= 4 is 21.6 Å². The van der Waals surface area contributed by atoms with Crippen molar-refractivity contribution in [2.45, 2.75) is 40.0 Å². The Morgan fingerprint density at radius 2 is 1.78 bits per heavy atom. The van der Waals surface area contributed by atoms with E-state index in [0.717, 1.165) is 9.44 Å². The lowest BCUT2D eigenvalue weighted by molar-refractivity contribution is -0.303. The molecular formula is C33H30FN4O6S-. The standard InChI is InChI=1S/C32H27FN4O6S.CH4/c1-3-22-15-25-29(39)36(17-27(38)18-10-12-21(42-2)13-11-18)32(41)37(30(25)44-22)16-20-9-8-19(14-26(20)33)23-6-4-5-7-24(23)28-34-31(40)43-35-28;/h4-15,27,38H,3,16-17H2,1-2H3,(H,34,35,40);1H4/p-1. The number of fused-ring (bicyclic) bond motifs is 1. The second-order valence-electron chi connectivity index (χ2n) is 10.1. The number of methoxy groups -OCH3 is 1. The summed E-state index contributed by atoms with van der Waals surface area (Å²) in [5, 5.41) is 26.4. The fourth-order valence-corrected chi connectivity index (χ4v) is 6.17. The number of ether oxygens (including phenoxy) is 1. The van der Waals surface area contributed by atoms with Crippen molar-refractivity contribution < 1.29 is 23.9 Å². The van der Waals surface area contributed by atoms with Crippen molar-refractivity contribution in [3.05, 3.63) is 115 Å². The number of aliphatic hydroxyl groups excluding tert-OH is 1. The predicted molar refractivity (Wildman–Crippen MR) is 168 cm³/mol. The van der Waals surface area contributed by atoms with Crippen molar-refractivity contribution in [3.8, 4) is 34.3 Å². The maximum absolute atomic E-state index is 15.7. The number of aliphatic hydroxyl groups is 1. The molecule has 0 bridgehead atoms. The van der Waals surface area contributed by atoms with Gasteiger partial charge < -0.3 is 19.5 Å². The zero-order chi connectivity index (χ0) is 31.0. The molecule has 3 heterocycles. The van der Waals surface area contributed by atoms with E-state index in [1.807, 2.05) is 6.92 Å². The van der Waals surface area contributed by atoms with Crippen LogP contribution in [0, 0.1) is 5.82 Å². The van der Waals surface area contributed by atoms with E-state index in [0.29, 0.717) is 44.6 Å². The normalized spacial score (nSPS) is 11.8. The van der Waals surface area contributed by atoms with E-state index in [2.05, 4.69) is 14.7 Å². The molecule has 1 N–H and O–H groups in total.